The van der Waals surface area contributed by atoms with Gasteiger partial charge in [-0.25, -0.2) is 0 Å². The Morgan fingerprint density at radius 1 is 0.931 bits per heavy atom. The third kappa shape index (κ3) is 5.23. The summed E-state index contributed by atoms with van der Waals surface area (Å²) in [5.41, 5.74) is 0.918. The van der Waals surface area contributed by atoms with E-state index in [1.165, 1.54) is 50.5 Å². The molecular weight excluding hydrogens is 415 g/mol. The van der Waals surface area contributed by atoms with Gasteiger partial charge >= 0.3 is 16.7 Å². The lowest BCUT2D eigenvalue weighted by Crippen LogP contribution is -2.26. The second kappa shape index (κ2) is 7.72. The normalized spacial score (nSPS) is 12.2. The molecule has 8 nitrogen and oxygen atoms in total. The van der Waals surface area contributed by atoms with Gasteiger partial charge in [0.1, 0.15) is 11.5 Å². The minimum Gasteiger partial charge on any atom is -0.406 e. The fourth-order valence-corrected chi connectivity index (χ4v) is 2.62. The lowest BCUT2D eigenvalue weighted by molar-refractivity contribution is -0.274. The van der Waals surface area contributed by atoms with Crippen LogP contribution in [-0.4, -0.2) is 43.3 Å². The number of aromatic nitrogens is 2. The van der Waals surface area contributed by atoms with E-state index in [4.69, 9.17) is 8.71 Å². The van der Waals surface area contributed by atoms with Crippen LogP contribution in [0.3, 0.4) is 0 Å². The van der Waals surface area contributed by atoms with Crippen molar-refractivity contribution < 1.29 is 35.0 Å². The largest absolute Gasteiger partial charge is 0.573 e. The molecule has 0 atom stereocenters. The van der Waals surface area contributed by atoms with E-state index < -0.39 is 16.7 Å². The van der Waals surface area contributed by atoms with Crippen molar-refractivity contribution in [3.8, 4) is 34.3 Å². The molecule has 0 bridgehead atoms. The third-order valence-corrected chi connectivity index (χ3v) is 4.82. The summed E-state index contributed by atoms with van der Waals surface area (Å²) in [4.78, 5) is 4.18. The molecule has 2 aromatic carbocycles. The Hall–Kier alpha value is -3.12. The summed E-state index contributed by atoms with van der Waals surface area (Å²) in [5.74, 6) is 0.0300. The molecule has 0 radical (unpaired) electrons. The van der Waals surface area contributed by atoms with E-state index in [1.54, 1.807) is 0 Å². The minimum absolute atomic E-state index is 0.0917. The highest BCUT2D eigenvalue weighted by Gasteiger charge is 2.31. The van der Waals surface area contributed by atoms with E-state index in [1.807, 2.05) is 0 Å². The van der Waals surface area contributed by atoms with Crippen molar-refractivity contribution in [2.75, 3.05) is 14.1 Å². The molecule has 154 valence electrons. The summed E-state index contributed by atoms with van der Waals surface area (Å²) >= 11 is 0. The number of hydrogen-bond donors (Lipinski definition) is 0. The summed E-state index contributed by atoms with van der Waals surface area (Å²) in [5, 5.41) is 3.81. The first kappa shape index (κ1) is 20.6. The Morgan fingerprint density at radius 3 is 2.03 bits per heavy atom. The van der Waals surface area contributed by atoms with Crippen LogP contribution in [0.1, 0.15) is 0 Å². The number of nitrogens with zero attached hydrogens (tertiary/aromatic N) is 3. The van der Waals surface area contributed by atoms with Crippen LogP contribution in [0.25, 0.3) is 22.8 Å². The fraction of sp³-hybridized carbons (Fsp3) is 0.176. The van der Waals surface area contributed by atoms with E-state index in [-0.39, 0.29) is 23.2 Å². The van der Waals surface area contributed by atoms with Crippen LogP contribution in [0, 0.1) is 0 Å². The summed E-state index contributed by atoms with van der Waals surface area (Å²) < 4.78 is 74.8. The summed E-state index contributed by atoms with van der Waals surface area (Å²) in [6.45, 7) is 0. The van der Waals surface area contributed by atoms with Gasteiger partial charge in [0.25, 0.3) is 5.89 Å². The third-order valence-electron chi connectivity index (χ3n) is 3.52. The van der Waals surface area contributed by atoms with Gasteiger partial charge in [-0.3, -0.25) is 0 Å². The maximum Gasteiger partial charge on any atom is 0.573 e. The molecular formula is C17H14F3N3O5S. The van der Waals surface area contributed by atoms with Crippen LogP contribution in [0.15, 0.2) is 53.1 Å². The van der Waals surface area contributed by atoms with Crippen molar-refractivity contribution >= 4 is 10.3 Å². The van der Waals surface area contributed by atoms with Crippen LogP contribution in [0.5, 0.6) is 11.5 Å². The first-order valence-electron chi connectivity index (χ1n) is 7.96. The summed E-state index contributed by atoms with van der Waals surface area (Å²) in [6.07, 6.45) is -4.78. The topological polar surface area (TPSA) is 94.8 Å². The minimum atomic E-state index is -4.78. The highest BCUT2D eigenvalue weighted by molar-refractivity contribution is 7.84. The van der Waals surface area contributed by atoms with Gasteiger partial charge in [-0.15, -0.1) is 13.2 Å². The zero-order valence-electron chi connectivity index (χ0n) is 15.0. The van der Waals surface area contributed by atoms with Crippen molar-refractivity contribution in [1.29, 1.82) is 0 Å². The Morgan fingerprint density at radius 2 is 1.48 bits per heavy atom. The lowest BCUT2D eigenvalue weighted by Gasteiger charge is -2.11. The quantitative estimate of drug-likeness (QED) is 0.592. The molecule has 1 aromatic heterocycles. The highest BCUT2D eigenvalue weighted by atomic mass is 32.2. The van der Waals surface area contributed by atoms with Crippen LogP contribution in [-0.2, 0) is 10.3 Å². The number of rotatable bonds is 6. The molecule has 1 heterocycles. The predicted octanol–water partition coefficient (Wildman–Crippen LogP) is 3.49. The van der Waals surface area contributed by atoms with Crippen LogP contribution < -0.4 is 8.92 Å². The van der Waals surface area contributed by atoms with Gasteiger partial charge in [0.15, 0.2) is 0 Å². The Balaban J connectivity index is 1.74. The molecule has 3 aromatic rings. The van der Waals surface area contributed by atoms with Gasteiger partial charge in [0, 0.05) is 25.2 Å². The van der Waals surface area contributed by atoms with Crippen LogP contribution >= 0.6 is 0 Å². The molecule has 0 saturated carbocycles. The van der Waals surface area contributed by atoms with Gasteiger partial charge in [-0.2, -0.15) is 17.7 Å². The van der Waals surface area contributed by atoms with Gasteiger partial charge in [0.2, 0.25) is 5.82 Å². The first-order chi connectivity index (χ1) is 13.5. The van der Waals surface area contributed by atoms with E-state index in [9.17, 15) is 21.6 Å². The van der Waals surface area contributed by atoms with Crippen molar-refractivity contribution in [2.45, 2.75) is 6.36 Å². The Bertz CT molecular complexity index is 1080. The van der Waals surface area contributed by atoms with Crippen LogP contribution in [0.4, 0.5) is 13.2 Å². The van der Waals surface area contributed by atoms with E-state index in [2.05, 4.69) is 14.9 Å². The van der Waals surface area contributed by atoms with Crippen LogP contribution in [0.2, 0.25) is 0 Å². The maximum absolute atomic E-state index is 12.2. The van der Waals surface area contributed by atoms with Crippen molar-refractivity contribution in [3.63, 3.8) is 0 Å². The molecule has 0 saturated heterocycles. The number of benzene rings is 2. The molecule has 0 aliphatic heterocycles. The zero-order chi connectivity index (χ0) is 21.2. The monoisotopic (exact) mass is 429 g/mol. The number of alkyl halides is 3. The van der Waals surface area contributed by atoms with Gasteiger partial charge < -0.3 is 13.4 Å². The maximum atomic E-state index is 12.2. The van der Waals surface area contributed by atoms with Gasteiger partial charge in [-0.05, 0) is 48.5 Å². The fourth-order valence-electron chi connectivity index (χ4n) is 2.11. The summed E-state index contributed by atoms with van der Waals surface area (Å²) in [6, 6.07) is 10.9. The molecule has 12 heteroatoms. The second-order valence-electron chi connectivity index (χ2n) is 5.84. The van der Waals surface area contributed by atoms with Crippen molar-refractivity contribution in [3.05, 3.63) is 48.5 Å². The highest BCUT2D eigenvalue weighted by Crippen LogP contribution is 2.28. The number of halogens is 3. The molecule has 0 fully saturated rings. The lowest BCUT2D eigenvalue weighted by atomic mass is 10.2. The average Bonchev–Trinajstić information content (AvgIpc) is 3.11. The molecule has 0 spiro atoms. The zero-order valence-corrected chi connectivity index (χ0v) is 15.9. The van der Waals surface area contributed by atoms with Gasteiger partial charge in [0.05, 0.1) is 0 Å². The number of ether oxygens (including phenoxy) is 1. The van der Waals surface area contributed by atoms with Crippen molar-refractivity contribution in [2.24, 2.45) is 0 Å². The predicted molar refractivity (Wildman–Crippen MR) is 95.1 cm³/mol. The average molecular weight is 429 g/mol. The van der Waals surface area contributed by atoms with E-state index in [0.717, 1.165) is 16.4 Å². The molecule has 0 aliphatic rings. The molecule has 0 aliphatic carbocycles. The van der Waals surface area contributed by atoms with E-state index in [0.29, 0.717) is 11.1 Å². The van der Waals surface area contributed by atoms with Crippen molar-refractivity contribution in [1.82, 2.24) is 14.4 Å². The SMILES string of the molecule is CN(C)S(=O)(=O)Oc1ccc(-c2noc(-c3ccc(OC(F)(F)F)cc3)n2)cc1. The first-order valence-corrected chi connectivity index (χ1v) is 9.32. The van der Waals surface area contributed by atoms with E-state index >= 15 is 0 Å². The number of hydrogen-bond acceptors (Lipinski definition) is 7. The smallest absolute Gasteiger partial charge is 0.406 e. The van der Waals surface area contributed by atoms with Gasteiger partial charge in [-0.1, -0.05) is 5.16 Å². The Kier molecular flexibility index (Phi) is 5.48. The molecule has 29 heavy (non-hydrogen) atoms. The Labute approximate surface area is 163 Å². The summed E-state index contributed by atoms with van der Waals surface area (Å²) in [7, 11) is -1.19. The molecule has 0 amide bonds. The molecule has 0 unspecified atom stereocenters. The molecule has 3 rings (SSSR count). The molecule has 0 N–H and O–H groups in total. The second-order valence-corrected chi connectivity index (χ2v) is 7.60. The standard InChI is InChI=1S/C17H14F3N3O5S/c1-23(2)29(24,25)28-14-9-3-11(4-10-14)15-21-16(27-22-15)12-5-7-13(8-6-12)26-17(18,19)20/h3-10H,1-2H3.